The van der Waals surface area contributed by atoms with Crippen LogP contribution in [0.1, 0.15) is 0 Å². The molecule has 0 heterocycles. The summed E-state index contributed by atoms with van der Waals surface area (Å²) in [5.41, 5.74) is 0. The van der Waals surface area contributed by atoms with Crippen LogP contribution in [0.5, 0.6) is 0 Å². The minimum atomic E-state index is -3.17. The second-order valence-corrected chi connectivity index (χ2v) is 9.48. The van der Waals surface area contributed by atoms with Gasteiger partial charge in [-0.05, 0) is 0 Å². The maximum Gasteiger partial charge on any atom is 0.671 e. The molecule has 1 unspecified atom stereocenters. The number of rotatable bonds is 10. The van der Waals surface area contributed by atoms with Gasteiger partial charge in [0, 0.05) is 42.7 Å². The molecular formula is C6H20O8Si3. The van der Waals surface area contributed by atoms with E-state index in [9.17, 15) is 0 Å². The van der Waals surface area contributed by atoms with Crippen LogP contribution in [0, 0.1) is 0 Å². The summed E-state index contributed by atoms with van der Waals surface area (Å²) in [6, 6.07) is 0. The van der Waals surface area contributed by atoms with E-state index in [1.165, 1.54) is 42.7 Å². The van der Waals surface area contributed by atoms with E-state index in [-0.39, 0.29) is 0 Å². The fraction of sp³-hybridized carbons (Fsp3) is 1.00. The molecule has 0 spiro atoms. The lowest BCUT2D eigenvalue weighted by Crippen LogP contribution is -2.53. The predicted molar refractivity (Wildman–Crippen MR) is 64.3 cm³/mol. The maximum absolute atomic E-state index is 5.51. The van der Waals surface area contributed by atoms with E-state index >= 15 is 0 Å². The van der Waals surface area contributed by atoms with Crippen molar-refractivity contribution >= 4 is 28.1 Å². The van der Waals surface area contributed by atoms with Crippen molar-refractivity contribution in [1.29, 1.82) is 0 Å². The van der Waals surface area contributed by atoms with E-state index in [0.29, 0.717) is 0 Å². The molecule has 0 amide bonds. The van der Waals surface area contributed by atoms with Crippen LogP contribution >= 0.6 is 0 Å². The van der Waals surface area contributed by atoms with Crippen molar-refractivity contribution in [2.24, 2.45) is 0 Å². The third-order valence-electron chi connectivity index (χ3n) is 1.79. The Balaban J connectivity index is 4.45. The van der Waals surface area contributed by atoms with Crippen molar-refractivity contribution in [3.8, 4) is 0 Å². The average Bonchev–Trinajstić information content (AvgIpc) is 2.40. The third kappa shape index (κ3) is 5.67. The van der Waals surface area contributed by atoms with Gasteiger partial charge >= 0.3 is 28.1 Å². The molecule has 0 aromatic carbocycles. The smallest absolute Gasteiger partial charge is 0.380 e. The molecule has 11 heteroatoms. The molecule has 0 aliphatic rings. The van der Waals surface area contributed by atoms with Gasteiger partial charge in [-0.2, -0.15) is 0 Å². The summed E-state index contributed by atoms with van der Waals surface area (Å²) >= 11 is 0. The molecule has 0 aliphatic heterocycles. The fourth-order valence-corrected chi connectivity index (χ4v) is 6.90. The Bertz CT molecular complexity index is 180. The molecule has 0 saturated heterocycles. The standard InChI is InChI=1S/C6H20O8Si3/c1-7-15(8-2)13-16(9-3)14-17(10-4,11-5)12-6/h15-16H,1-6H3. The fourth-order valence-electron chi connectivity index (χ4n) is 0.942. The molecule has 8 nitrogen and oxygen atoms in total. The summed E-state index contributed by atoms with van der Waals surface area (Å²) in [7, 11) is 0.874. The van der Waals surface area contributed by atoms with Crippen LogP contribution < -0.4 is 0 Å². The molecule has 17 heavy (non-hydrogen) atoms. The molecule has 1 atom stereocenters. The molecular weight excluding hydrogens is 284 g/mol. The summed E-state index contributed by atoms with van der Waals surface area (Å²) in [6.45, 7) is 0. The molecule has 0 bridgehead atoms. The van der Waals surface area contributed by atoms with E-state index in [1.807, 2.05) is 0 Å². The van der Waals surface area contributed by atoms with E-state index in [4.69, 9.17) is 34.8 Å². The van der Waals surface area contributed by atoms with Crippen molar-refractivity contribution in [3.05, 3.63) is 0 Å². The highest BCUT2D eigenvalue weighted by atomic mass is 28.5. The van der Waals surface area contributed by atoms with Gasteiger partial charge in [-0.1, -0.05) is 0 Å². The molecule has 0 fully saturated rings. The van der Waals surface area contributed by atoms with Crippen LogP contribution in [-0.2, 0) is 34.8 Å². The van der Waals surface area contributed by atoms with Gasteiger partial charge in [0.05, 0.1) is 0 Å². The first kappa shape index (κ1) is 17.3. The quantitative estimate of drug-likeness (QED) is 0.465. The SMILES string of the molecule is CO[SiH](OC)O[SiH](OC)O[Si](OC)(OC)OC. The van der Waals surface area contributed by atoms with Crippen molar-refractivity contribution in [2.45, 2.75) is 0 Å². The van der Waals surface area contributed by atoms with Crippen LogP contribution in [0.4, 0.5) is 0 Å². The first-order valence-corrected chi connectivity index (χ1v) is 9.14. The lowest BCUT2D eigenvalue weighted by Gasteiger charge is -2.27. The predicted octanol–water partition coefficient (Wildman–Crippen LogP) is -1.23. The maximum atomic E-state index is 5.51. The molecule has 0 saturated carbocycles. The average molecular weight is 304 g/mol. The van der Waals surface area contributed by atoms with Crippen LogP contribution in [0.3, 0.4) is 0 Å². The molecule has 104 valence electrons. The van der Waals surface area contributed by atoms with Gasteiger partial charge in [-0.15, -0.1) is 0 Å². The zero-order valence-corrected chi connectivity index (χ0v) is 14.2. The Labute approximate surface area is 106 Å². The Kier molecular flexibility index (Phi) is 9.47. The molecule has 0 rings (SSSR count). The monoisotopic (exact) mass is 304 g/mol. The largest absolute Gasteiger partial charge is 0.671 e. The summed E-state index contributed by atoms with van der Waals surface area (Å²) in [6.07, 6.45) is 0. The van der Waals surface area contributed by atoms with Crippen molar-refractivity contribution in [3.63, 3.8) is 0 Å². The third-order valence-corrected chi connectivity index (χ3v) is 8.15. The van der Waals surface area contributed by atoms with Crippen LogP contribution in [-0.4, -0.2) is 70.8 Å². The first-order chi connectivity index (χ1) is 8.11. The molecule has 0 aliphatic carbocycles. The highest BCUT2D eigenvalue weighted by Gasteiger charge is 2.46. The van der Waals surface area contributed by atoms with Gasteiger partial charge in [0.2, 0.25) is 0 Å². The van der Waals surface area contributed by atoms with Gasteiger partial charge in [-0.3, -0.25) is 0 Å². The van der Waals surface area contributed by atoms with Gasteiger partial charge in [0.25, 0.3) is 0 Å². The van der Waals surface area contributed by atoms with E-state index in [2.05, 4.69) is 0 Å². The zero-order chi connectivity index (χ0) is 13.3. The lowest BCUT2D eigenvalue weighted by molar-refractivity contribution is 0.0270. The highest BCUT2D eigenvalue weighted by molar-refractivity contribution is 6.64. The summed E-state index contributed by atoms with van der Waals surface area (Å²) in [5.74, 6) is 0. The minimum Gasteiger partial charge on any atom is -0.380 e. The second kappa shape index (κ2) is 9.29. The topological polar surface area (TPSA) is 73.8 Å². The summed E-state index contributed by atoms with van der Waals surface area (Å²) in [5, 5.41) is 0. The first-order valence-electron chi connectivity index (χ1n) is 4.68. The van der Waals surface area contributed by atoms with Crippen molar-refractivity contribution in [2.75, 3.05) is 42.7 Å². The van der Waals surface area contributed by atoms with Gasteiger partial charge in [-0.25, -0.2) is 0 Å². The summed E-state index contributed by atoms with van der Waals surface area (Å²) < 4.78 is 41.4. The zero-order valence-electron chi connectivity index (χ0n) is 10.9. The van der Waals surface area contributed by atoms with Crippen LogP contribution in [0.2, 0.25) is 0 Å². The molecule has 0 aromatic heterocycles. The van der Waals surface area contributed by atoms with Crippen molar-refractivity contribution < 1.29 is 34.8 Å². The molecule has 0 aromatic rings. The van der Waals surface area contributed by atoms with Crippen LogP contribution in [0.25, 0.3) is 0 Å². The van der Waals surface area contributed by atoms with Crippen molar-refractivity contribution in [1.82, 2.24) is 0 Å². The number of hydrogen-bond acceptors (Lipinski definition) is 8. The normalized spacial score (nSPS) is 14.3. The van der Waals surface area contributed by atoms with Gasteiger partial charge in [0.1, 0.15) is 0 Å². The summed E-state index contributed by atoms with van der Waals surface area (Å²) in [4.78, 5) is 0. The van der Waals surface area contributed by atoms with E-state index < -0.39 is 28.1 Å². The molecule has 0 N–H and O–H groups in total. The number of hydrogen-bond donors (Lipinski definition) is 0. The van der Waals surface area contributed by atoms with Crippen LogP contribution in [0.15, 0.2) is 0 Å². The van der Waals surface area contributed by atoms with E-state index in [0.717, 1.165) is 0 Å². The van der Waals surface area contributed by atoms with E-state index in [1.54, 1.807) is 0 Å². The Morgan fingerprint density at radius 2 is 1.06 bits per heavy atom. The van der Waals surface area contributed by atoms with Gasteiger partial charge in [0.15, 0.2) is 0 Å². The molecule has 0 radical (unpaired) electrons. The Hall–Kier alpha value is 0.331. The van der Waals surface area contributed by atoms with Gasteiger partial charge < -0.3 is 34.8 Å². The lowest BCUT2D eigenvalue weighted by atomic mass is 11.8. The Morgan fingerprint density at radius 1 is 0.647 bits per heavy atom. The minimum absolute atomic E-state index is 1.43. The second-order valence-electron chi connectivity index (χ2n) is 2.65. The highest BCUT2D eigenvalue weighted by Crippen LogP contribution is 2.11. The Morgan fingerprint density at radius 3 is 1.35 bits per heavy atom.